The molecule has 0 spiro atoms. The van der Waals surface area contributed by atoms with Gasteiger partial charge in [0.05, 0.1) is 4.92 Å². The van der Waals surface area contributed by atoms with Crippen molar-refractivity contribution < 1.29 is 9.72 Å². The lowest BCUT2D eigenvalue weighted by Gasteiger charge is -1.97. The van der Waals surface area contributed by atoms with Gasteiger partial charge in [-0.1, -0.05) is 12.1 Å². The highest BCUT2D eigenvalue weighted by molar-refractivity contribution is 5.91. The molecular formula is C13H12N2O3. The van der Waals surface area contributed by atoms with Crippen LogP contribution in [0.3, 0.4) is 0 Å². The van der Waals surface area contributed by atoms with Crippen molar-refractivity contribution in [2.24, 2.45) is 0 Å². The van der Waals surface area contributed by atoms with Gasteiger partial charge in [0.25, 0.3) is 5.69 Å². The highest BCUT2D eigenvalue weighted by atomic mass is 16.6. The zero-order chi connectivity index (χ0) is 13.4. The predicted octanol–water partition coefficient (Wildman–Crippen LogP) is 1.75. The lowest BCUT2D eigenvalue weighted by atomic mass is 10.2. The van der Waals surface area contributed by atoms with E-state index in [1.54, 1.807) is 12.1 Å². The first-order valence-electron chi connectivity index (χ1n) is 5.27. The van der Waals surface area contributed by atoms with E-state index in [4.69, 9.17) is 6.42 Å². The van der Waals surface area contributed by atoms with Crippen molar-refractivity contribution in [3.63, 3.8) is 0 Å². The Hall–Kier alpha value is -2.61. The summed E-state index contributed by atoms with van der Waals surface area (Å²) in [5, 5.41) is 13.1. The molecule has 0 bridgehead atoms. The van der Waals surface area contributed by atoms with Gasteiger partial charge < -0.3 is 5.32 Å². The Balaban J connectivity index is 2.61. The average Bonchev–Trinajstić information content (AvgIpc) is 2.37. The molecule has 0 aromatic heterocycles. The maximum atomic E-state index is 11.3. The molecule has 0 unspecified atom stereocenters. The lowest BCUT2D eigenvalue weighted by molar-refractivity contribution is -0.384. The van der Waals surface area contributed by atoms with E-state index in [2.05, 4.69) is 11.2 Å². The molecule has 0 saturated heterocycles. The highest BCUT2D eigenvalue weighted by Crippen LogP contribution is 2.13. The van der Waals surface area contributed by atoms with Crippen LogP contribution in [-0.2, 0) is 4.79 Å². The van der Waals surface area contributed by atoms with Gasteiger partial charge in [-0.2, -0.15) is 0 Å². The number of nitro benzene ring substituents is 1. The molecule has 0 radical (unpaired) electrons. The number of carbonyl (C=O) groups is 1. The predicted molar refractivity (Wildman–Crippen MR) is 68.6 cm³/mol. The largest absolute Gasteiger partial charge is 0.352 e. The Labute approximate surface area is 105 Å². The van der Waals surface area contributed by atoms with Crippen LogP contribution in [0.1, 0.15) is 12.0 Å². The smallest absolute Gasteiger partial charge is 0.270 e. The molecular weight excluding hydrogens is 232 g/mol. The zero-order valence-corrected chi connectivity index (χ0v) is 9.63. The van der Waals surface area contributed by atoms with Crippen LogP contribution in [0.4, 0.5) is 5.69 Å². The first-order chi connectivity index (χ1) is 8.63. The molecule has 0 aliphatic carbocycles. The standard InChI is InChI=1S/C13H12N2O3/c1-2-3-9-14-13(16)8-7-11-5-4-6-12(10-11)15(17)18/h1,4-8,10H,3,9H2,(H,14,16). The maximum Gasteiger partial charge on any atom is 0.270 e. The number of rotatable bonds is 5. The molecule has 1 aromatic carbocycles. The minimum Gasteiger partial charge on any atom is -0.352 e. The minimum absolute atomic E-state index is 0.00936. The summed E-state index contributed by atoms with van der Waals surface area (Å²) >= 11 is 0. The molecule has 0 fully saturated rings. The number of carbonyl (C=O) groups excluding carboxylic acids is 1. The molecule has 0 aliphatic heterocycles. The third-order valence-electron chi connectivity index (χ3n) is 2.08. The van der Waals surface area contributed by atoms with Crippen molar-refractivity contribution in [1.29, 1.82) is 0 Å². The van der Waals surface area contributed by atoms with Crippen LogP contribution in [0, 0.1) is 22.5 Å². The van der Waals surface area contributed by atoms with Crippen molar-refractivity contribution in [3.05, 3.63) is 46.0 Å². The van der Waals surface area contributed by atoms with Crippen molar-refractivity contribution in [2.45, 2.75) is 6.42 Å². The number of hydrogen-bond acceptors (Lipinski definition) is 3. The van der Waals surface area contributed by atoms with Crippen molar-refractivity contribution in [1.82, 2.24) is 5.32 Å². The molecule has 1 aromatic rings. The summed E-state index contributed by atoms with van der Waals surface area (Å²) in [6.07, 6.45) is 8.34. The van der Waals surface area contributed by atoms with Crippen LogP contribution >= 0.6 is 0 Å². The molecule has 5 nitrogen and oxygen atoms in total. The van der Waals surface area contributed by atoms with E-state index in [9.17, 15) is 14.9 Å². The number of amides is 1. The first kappa shape index (κ1) is 13.5. The number of benzene rings is 1. The summed E-state index contributed by atoms with van der Waals surface area (Å²) in [5.74, 6) is 2.12. The number of hydrogen-bond donors (Lipinski definition) is 1. The fourth-order valence-electron chi connectivity index (χ4n) is 1.23. The third-order valence-corrected chi connectivity index (χ3v) is 2.08. The quantitative estimate of drug-likeness (QED) is 0.282. The molecule has 92 valence electrons. The molecule has 1 N–H and O–H groups in total. The molecule has 1 amide bonds. The van der Waals surface area contributed by atoms with Crippen LogP contribution < -0.4 is 5.32 Å². The topological polar surface area (TPSA) is 72.2 Å². The number of nitro groups is 1. The minimum atomic E-state index is -0.482. The van der Waals surface area contributed by atoms with Crippen LogP contribution in [0.5, 0.6) is 0 Å². The molecule has 0 heterocycles. The van der Waals surface area contributed by atoms with Gasteiger partial charge in [-0.25, -0.2) is 0 Å². The van der Waals surface area contributed by atoms with Crippen LogP contribution in [-0.4, -0.2) is 17.4 Å². The zero-order valence-electron chi connectivity index (χ0n) is 9.63. The monoisotopic (exact) mass is 244 g/mol. The van der Waals surface area contributed by atoms with Gasteiger partial charge in [0.2, 0.25) is 5.91 Å². The van der Waals surface area contributed by atoms with Gasteiger partial charge >= 0.3 is 0 Å². The van der Waals surface area contributed by atoms with Gasteiger partial charge in [-0.05, 0) is 11.6 Å². The molecule has 1 rings (SSSR count). The summed E-state index contributed by atoms with van der Waals surface area (Å²) in [6, 6.07) is 6.03. The SMILES string of the molecule is C#CCCNC(=O)C=Cc1cccc([N+](=O)[O-])c1. The number of nitrogens with one attached hydrogen (secondary N) is 1. The number of nitrogens with zero attached hydrogens (tertiary/aromatic N) is 1. The Bertz CT molecular complexity index is 515. The first-order valence-corrected chi connectivity index (χ1v) is 5.27. The Morgan fingerprint density at radius 1 is 1.56 bits per heavy atom. The Morgan fingerprint density at radius 2 is 2.33 bits per heavy atom. The lowest BCUT2D eigenvalue weighted by Crippen LogP contribution is -2.21. The van der Waals surface area contributed by atoms with E-state index in [1.807, 2.05) is 0 Å². The number of non-ortho nitro benzene ring substituents is 1. The van der Waals surface area contributed by atoms with E-state index in [0.29, 0.717) is 18.5 Å². The second-order valence-electron chi connectivity index (χ2n) is 3.43. The van der Waals surface area contributed by atoms with Crippen LogP contribution in [0.15, 0.2) is 30.3 Å². The van der Waals surface area contributed by atoms with E-state index in [0.717, 1.165) is 0 Å². The summed E-state index contributed by atoms with van der Waals surface area (Å²) in [7, 11) is 0. The fraction of sp³-hybridized carbons (Fsp3) is 0.154. The summed E-state index contributed by atoms with van der Waals surface area (Å²) < 4.78 is 0. The highest BCUT2D eigenvalue weighted by Gasteiger charge is 2.03. The third kappa shape index (κ3) is 4.49. The van der Waals surface area contributed by atoms with Gasteiger partial charge in [0, 0.05) is 31.2 Å². The van der Waals surface area contributed by atoms with Gasteiger partial charge in [0.1, 0.15) is 0 Å². The van der Waals surface area contributed by atoms with Gasteiger partial charge in [-0.15, -0.1) is 12.3 Å². The summed E-state index contributed by atoms with van der Waals surface area (Å²) in [4.78, 5) is 21.4. The van der Waals surface area contributed by atoms with Crippen molar-refractivity contribution >= 4 is 17.7 Å². The van der Waals surface area contributed by atoms with E-state index < -0.39 is 4.92 Å². The average molecular weight is 244 g/mol. The van der Waals surface area contributed by atoms with E-state index in [1.165, 1.54) is 24.3 Å². The normalized spacial score (nSPS) is 9.94. The van der Waals surface area contributed by atoms with Crippen molar-refractivity contribution in [2.75, 3.05) is 6.54 Å². The molecule has 0 saturated carbocycles. The van der Waals surface area contributed by atoms with E-state index in [-0.39, 0.29) is 11.6 Å². The second-order valence-corrected chi connectivity index (χ2v) is 3.43. The molecule has 5 heteroatoms. The second kappa shape index (κ2) is 6.86. The Kier molecular flexibility index (Phi) is 5.13. The fourth-order valence-corrected chi connectivity index (χ4v) is 1.23. The van der Waals surface area contributed by atoms with Gasteiger partial charge in [-0.3, -0.25) is 14.9 Å². The maximum absolute atomic E-state index is 11.3. The molecule has 18 heavy (non-hydrogen) atoms. The van der Waals surface area contributed by atoms with Crippen LogP contribution in [0.25, 0.3) is 6.08 Å². The van der Waals surface area contributed by atoms with E-state index >= 15 is 0 Å². The van der Waals surface area contributed by atoms with Crippen LogP contribution in [0.2, 0.25) is 0 Å². The Morgan fingerprint density at radius 3 is 3.00 bits per heavy atom. The summed E-state index contributed by atoms with van der Waals surface area (Å²) in [5.41, 5.74) is 0.584. The summed E-state index contributed by atoms with van der Waals surface area (Å²) in [6.45, 7) is 0.411. The molecule has 0 aliphatic rings. The van der Waals surface area contributed by atoms with Crippen molar-refractivity contribution in [3.8, 4) is 12.3 Å². The number of terminal acetylenes is 1. The van der Waals surface area contributed by atoms with Gasteiger partial charge in [0.15, 0.2) is 0 Å². The molecule has 0 atom stereocenters.